The summed E-state index contributed by atoms with van der Waals surface area (Å²) in [5, 5.41) is 11.7. The highest BCUT2D eigenvalue weighted by atomic mass is 32.2. The third kappa shape index (κ3) is 3.43. The third-order valence-electron chi connectivity index (χ3n) is 4.26. The lowest BCUT2D eigenvalue weighted by Crippen LogP contribution is -2.44. The maximum Gasteiger partial charge on any atom is 0.280 e. The Morgan fingerprint density at radius 2 is 2.15 bits per heavy atom. The maximum absolute atomic E-state index is 13.1. The molecule has 11 heteroatoms. The number of hydrogen-bond donors (Lipinski definition) is 1. The van der Waals surface area contributed by atoms with E-state index in [1.54, 1.807) is 19.5 Å². The van der Waals surface area contributed by atoms with Crippen LogP contribution >= 0.6 is 23.1 Å². The Labute approximate surface area is 163 Å². The van der Waals surface area contributed by atoms with Gasteiger partial charge in [-0.1, -0.05) is 17.3 Å². The highest BCUT2D eigenvalue weighted by molar-refractivity contribution is 8.00. The van der Waals surface area contributed by atoms with Crippen molar-refractivity contribution in [3.8, 4) is 11.8 Å². The van der Waals surface area contributed by atoms with E-state index in [2.05, 4.69) is 37.2 Å². The van der Waals surface area contributed by atoms with Crippen LogP contribution in [0.5, 0.6) is 0 Å². The maximum atomic E-state index is 13.1. The van der Waals surface area contributed by atoms with Crippen LogP contribution in [0, 0.1) is 11.8 Å². The van der Waals surface area contributed by atoms with Crippen molar-refractivity contribution in [1.29, 1.82) is 0 Å². The second-order valence-corrected chi connectivity index (χ2v) is 7.95. The number of hydrogen-bond acceptors (Lipinski definition) is 9. The Balaban J connectivity index is 1.86. The van der Waals surface area contributed by atoms with E-state index in [1.807, 2.05) is 4.57 Å². The zero-order chi connectivity index (χ0) is 18.8. The summed E-state index contributed by atoms with van der Waals surface area (Å²) in [5.41, 5.74) is 2.44. The normalized spacial score (nSPS) is 14.4. The van der Waals surface area contributed by atoms with Gasteiger partial charge in [0.05, 0.1) is 6.54 Å². The fraction of sp³-hybridized carbons (Fsp3) is 0.438. The molecule has 27 heavy (non-hydrogen) atoms. The summed E-state index contributed by atoms with van der Waals surface area (Å²) in [4.78, 5) is 24.6. The molecule has 4 heterocycles. The molecular formula is C16H18N8OS2. The van der Waals surface area contributed by atoms with Crippen molar-refractivity contribution in [2.24, 2.45) is 7.05 Å². The molecular weight excluding hydrogens is 384 g/mol. The second-order valence-electron chi connectivity index (χ2n) is 5.90. The van der Waals surface area contributed by atoms with Crippen LogP contribution in [0.25, 0.3) is 11.2 Å². The van der Waals surface area contributed by atoms with Crippen LogP contribution in [0.3, 0.4) is 0 Å². The molecule has 0 bridgehead atoms. The van der Waals surface area contributed by atoms with Gasteiger partial charge in [-0.25, -0.2) is 4.98 Å². The molecule has 1 fully saturated rings. The molecule has 0 unspecified atom stereocenters. The molecule has 9 nitrogen and oxygen atoms in total. The molecule has 0 aliphatic carbocycles. The van der Waals surface area contributed by atoms with Gasteiger partial charge in [0.2, 0.25) is 5.95 Å². The predicted octanol–water partition coefficient (Wildman–Crippen LogP) is 0.566. The van der Waals surface area contributed by atoms with E-state index in [1.165, 1.54) is 27.7 Å². The number of rotatable bonds is 4. The summed E-state index contributed by atoms with van der Waals surface area (Å²) in [6, 6.07) is 0. The van der Waals surface area contributed by atoms with Gasteiger partial charge in [0.1, 0.15) is 5.51 Å². The lowest BCUT2D eigenvalue weighted by molar-refractivity contribution is 0.573. The SMILES string of the molecule is CC#CCn1c(N2CCNCC2)nc2nc(Sc3nncs3)n(C)c(=O)c21. The first-order valence-corrected chi connectivity index (χ1v) is 10.1. The minimum Gasteiger partial charge on any atom is -0.340 e. The van der Waals surface area contributed by atoms with E-state index < -0.39 is 0 Å². The fourth-order valence-corrected chi connectivity index (χ4v) is 4.34. The minimum atomic E-state index is -0.140. The molecule has 0 saturated carbocycles. The molecule has 0 atom stereocenters. The Hall–Kier alpha value is -2.42. The van der Waals surface area contributed by atoms with E-state index >= 15 is 0 Å². The number of imidazole rings is 1. The topological polar surface area (TPSA) is 93.8 Å². The van der Waals surface area contributed by atoms with Gasteiger partial charge in [-0.05, 0) is 18.7 Å². The Bertz CT molecular complexity index is 1070. The molecule has 0 amide bonds. The summed E-state index contributed by atoms with van der Waals surface area (Å²) in [6.07, 6.45) is 0. The average molecular weight is 403 g/mol. The Morgan fingerprint density at radius 3 is 2.85 bits per heavy atom. The average Bonchev–Trinajstić information content (AvgIpc) is 3.32. The zero-order valence-corrected chi connectivity index (χ0v) is 16.6. The van der Waals surface area contributed by atoms with E-state index in [0.717, 1.165) is 36.5 Å². The monoisotopic (exact) mass is 402 g/mol. The van der Waals surface area contributed by atoms with E-state index in [0.29, 0.717) is 22.9 Å². The predicted molar refractivity (Wildman–Crippen MR) is 105 cm³/mol. The Morgan fingerprint density at radius 1 is 1.33 bits per heavy atom. The van der Waals surface area contributed by atoms with Gasteiger partial charge in [-0.2, -0.15) is 4.98 Å². The van der Waals surface area contributed by atoms with Crippen molar-refractivity contribution >= 4 is 40.2 Å². The van der Waals surface area contributed by atoms with Crippen LogP contribution in [0.15, 0.2) is 19.8 Å². The molecule has 3 aromatic rings. The van der Waals surface area contributed by atoms with Crippen LogP contribution < -0.4 is 15.8 Å². The molecule has 140 valence electrons. The third-order valence-corrected chi connectivity index (χ3v) is 6.08. The molecule has 1 saturated heterocycles. The molecule has 0 radical (unpaired) electrons. The molecule has 1 aliphatic heterocycles. The van der Waals surface area contributed by atoms with Gasteiger partial charge in [0.15, 0.2) is 20.7 Å². The second kappa shape index (κ2) is 7.67. The van der Waals surface area contributed by atoms with Gasteiger partial charge in [0.25, 0.3) is 5.56 Å². The Kier molecular flexibility index (Phi) is 5.11. The lowest BCUT2D eigenvalue weighted by Gasteiger charge is -2.28. The van der Waals surface area contributed by atoms with Crippen molar-refractivity contribution in [2.45, 2.75) is 23.0 Å². The molecule has 1 aliphatic rings. The number of nitrogens with one attached hydrogen (secondary N) is 1. The minimum absolute atomic E-state index is 0.140. The fourth-order valence-electron chi connectivity index (χ4n) is 2.92. The molecule has 0 aromatic carbocycles. The summed E-state index contributed by atoms with van der Waals surface area (Å²) in [6.45, 7) is 5.62. The number of piperazine rings is 1. The number of nitrogens with zero attached hydrogens (tertiary/aromatic N) is 7. The largest absolute Gasteiger partial charge is 0.340 e. The van der Waals surface area contributed by atoms with Crippen molar-refractivity contribution in [3.05, 3.63) is 15.9 Å². The first kappa shape index (κ1) is 18.0. The molecule has 0 spiro atoms. The van der Waals surface area contributed by atoms with Crippen molar-refractivity contribution in [2.75, 3.05) is 31.1 Å². The van der Waals surface area contributed by atoms with Crippen molar-refractivity contribution in [3.63, 3.8) is 0 Å². The molecule has 1 N–H and O–H groups in total. The van der Waals surface area contributed by atoms with Gasteiger partial charge in [-0.15, -0.1) is 16.1 Å². The van der Waals surface area contributed by atoms with Crippen LogP contribution in [0.4, 0.5) is 5.95 Å². The van der Waals surface area contributed by atoms with E-state index in [4.69, 9.17) is 4.98 Å². The highest BCUT2D eigenvalue weighted by Crippen LogP contribution is 2.28. The van der Waals surface area contributed by atoms with Gasteiger partial charge in [-0.3, -0.25) is 13.9 Å². The lowest BCUT2D eigenvalue weighted by atomic mass is 10.4. The number of anilines is 1. The standard InChI is InChI=1S/C16H18N8OS2/c1-3-4-7-24-11-12(19-14(24)23-8-5-17-6-9-23)20-15(22(2)13(11)25)27-16-21-18-10-26-16/h10,17H,5-9H2,1-2H3. The zero-order valence-electron chi connectivity index (χ0n) is 15.0. The van der Waals surface area contributed by atoms with Crippen LogP contribution in [0.2, 0.25) is 0 Å². The van der Waals surface area contributed by atoms with E-state index in [-0.39, 0.29) is 5.56 Å². The van der Waals surface area contributed by atoms with E-state index in [9.17, 15) is 4.79 Å². The summed E-state index contributed by atoms with van der Waals surface area (Å²) in [5.74, 6) is 6.70. The van der Waals surface area contributed by atoms with Gasteiger partial charge in [0, 0.05) is 33.2 Å². The smallest absolute Gasteiger partial charge is 0.280 e. The quantitative estimate of drug-likeness (QED) is 0.500. The highest BCUT2D eigenvalue weighted by Gasteiger charge is 2.23. The van der Waals surface area contributed by atoms with Gasteiger partial charge >= 0.3 is 0 Å². The molecule has 4 rings (SSSR count). The number of aromatic nitrogens is 6. The summed E-state index contributed by atoms with van der Waals surface area (Å²) < 4.78 is 4.15. The van der Waals surface area contributed by atoms with Crippen LogP contribution in [-0.2, 0) is 13.6 Å². The first-order valence-electron chi connectivity index (χ1n) is 8.45. The summed E-state index contributed by atoms with van der Waals surface area (Å²) >= 11 is 2.72. The summed E-state index contributed by atoms with van der Waals surface area (Å²) in [7, 11) is 1.71. The first-order chi connectivity index (χ1) is 13.2. The van der Waals surface area contributed by atoms with Crippen LogP contribution in [0.1, 0.15) is 6.92 Å². The van der Waals surface area contributed by atoms with Crippen molar-refractivity contribution in [1.82, 2.24) is 34.6 Å². The molecule has 3 aromatic heterocycles. The number of fused-ring (bicyclic) bond motifs is 1. The van der Waals surface area contributed by atoms with Crippen LogP contribution in [-0.4, -0.2) is 55.5 Å². The van der Waals surface area contributed by atoms with Crippen molar-refractivity contribution < 1.29 is 0 Å². The van der Waals surface area contributed by atoms with Gasteiger partial charge < -0.3 is 10.2 Å².